The first-order chi connectivity index (χ1) is 11.7. The number of phenols is 1. The maximum absolute atomic E-state index is 12.4. The van der Waals surface area contributed by atoms with Crippen LogP contribution in [0.1, 0.15) is 23.2 Å². The lowest BCUT2D eigenvalue weighted by atomic mass is 10.1. The van der Waals surface area contributed by atoms with Crippen LogP contribution in [0.2, 0.25) is 0 Å². The average Bonchev–Trinajstić information content (AvgIpc) is 3.06. The van der Waals surface area contributed by atoms with Gasteiger partial charge in [0.15, 0.2) is 0 Å². The quantitative estimate of drug-likeness (QED) is 0.907. The summed E-state index contributed by atoms with van der Waals surface area (Å²) in [5.74, 6) is -0.249. The molecule has 2 atom stereocenters. The molecule has 2 heterocycles. The number of hydrogen-bond donors (Lipinski definition) is 2. The van der Waals surface area contributed by atoms with Gasteiger partial charge in [0.2, 0.25) is 0 Å². The van der Waals surface area contributed by atoms with Crippen molar-refractivity contribution in [2.75, 3.05) is 26.2 Å². The molecule has 2 aromatic carbocycles. The summed E-state index contributed by atoms with van der Waals surface area (Å²) in [6.45, 7) is 3.22. The number of phenolic OH excluding ortho intramolecular Hbond substituents is 1. The van der Waals surface area contributed by atoms with Crippen molar-refractivity contribution in [2.45, 2.75) is 25.0 Å². The van der Waals surface area contributed by atoms with E-state index in [1.54, 1.807) is 12.1 Å². The molecule has 0 radical (unpaired) electrons. The van der Waals surface area contributed by atoms with E-state index in [1.165, 1.54) is 12.8 Å². The lowest BCUT2D eigenvalue weighted by Gasteiger charge is -2.35. The summed E-state index contributed by atoms with van der Waals surface area (Å²) in [4.78, 5) is 14.9. The number of nitrogens with zero attached hydrogens (tertiary/aromatic N) is 1. The van der Waals surface area contributed by atoms with Crippen LogP contribution in [0.25, 0.3) is 10.8 Å². The van der Waals surface area contributed by atoms with Gasteiger partial charge in [-0.25, -0.2) is 0 Å². The molecular weight excluding hydrogens is 304 g/mol. The Kier molecular flexibility index (Phi) is 4.12. The highest BCUT2D eigenvalue weighted by Crippen LogP contribution is 2.25. The number of carbonyl (C=O) groups excluding carboxylic acids is 1. The van der Waals surface area contributed by atoms with Gasteiger partial charge in [-0.2, -0.15) is 0 Å². The monoisotopic (exact) mass is 326 g/mol. The van der Waals surface area contributed by atoms with Crippen LogP contribution in [-0.2, 0) is 4.74 Å². The van der Waals surface area contributed by atoms with Gasteiger partial charge < -0.3 is 15.2 Å². The number of hydrogen-bond acceptors (Lipinski definition) is 4. The van der Waals surface area contributed by atoms with E-state index in [1.807, 2.05) is 24.3 Å². The lowest BCUT2D eigenvalue weighted by molar-refractivity contribution is -0.0461. The summed E-state index contributed by atoms with van der Waals surface area (Å²) in [6, 6.07) is 11.6. The Morgan fingerprint density at radius 3 is 2.92 bits per heavy atom. The molecule has 0 aromatic heterocycles. The van der Waals surface area contributed by atoms with E-state index in [4.69, 9.17) is 4.74 Å². The van der Waals surface area contributed by atoms with Gasteiger partial charge in [0.05, 0.1) is 18.3 Å². The number of benzene rings is 2. The molecule has 2 aliphatic rings. The fraction of sp³-hybridized carbons (Fsp3) is 0.421. The molecule has 24 heavy (non-hydrogen) atoms. The molecular formula is C19H22N2O3. The van der Waals surface area contributed by atoms with Gasteiger partial charge in [-0.3, -0.25) is 9.69 Å². The molecule has 2 aromatic rings. The Balaban J connectivity index is 1.42. The molecule has 2 fully saturated rings. The third-order valence-corrected chi connectivity index (χ3v) is 5.06. The van der Waals surface area contributed by atoms with Gasteiger partial charge in [0.25, 0.3) is 5.91 Å². The van der Waals surface area contributed by atoms with Gasteiger partial charge in [0, 0.05) is 19.1 Å². The lowest BCUT2D eigenvalue weighted by Crippen LogP contribution is -2.50. The number of nitrogens with one attached hydrogen (secondary N) is 1. The van der Waals surface area contributed by atoms with Crippen molar-refractivity contribution >= 4 is 16.7 Å². The van der Waals surface area contributed by atoms with E-state index < -0.39 is 0 Å². The number of carbonyl (C=O) groups is 1. The summed E-state index contributed by atoms with van der Waals surface area (Å²) in [6.07, 6.45) is 2.47. The number of morpholine rings is 1. The minimum atomic E-state index is -0.259. The highest BCUT2D eigenvalue weighted by Gasteiger charge is 2.32. The Hall–Kier alpha value is -2.11. The van der Waals surface area contributed by atoms with Crippen LogP contribution in [0.5, 0.6) is 5.75 Å². The molecule has 5 heteroatoms. The maximum atomic E-state index is 12.4. The first-order valence-electron chi connectivity index (χ1n) is 8.56. The number of rotatable bonds is 3. The van der Waals surface area contributed by atoms with Gasteiger partial charge in [0.1, 0.15) is 5.75 Å². The molecule has 1 amide bonds. The summed E-state index contributed by atoms with van der Waals surface area (Å²) < 4.78 is 5.86. The first kappa shape index (κ1) is 15.4. The maximum Gasteiger partial charge on any atom is 0.255 e. The van der Waals surface area contributed by atoms with Crippen LogP contribution in [-0.4, -0.2) is 54.3 Å². The summed E-state index contributed by atoms with van der Waals surface area (Å²) in [5, 5.41) is 14.9. The Morgan fingerprint density at radius 1 is 1.29 bits per heavy atom. The SMILES string of the molecule is O=C(NC[C@@H]1CN2CCC[C@H]2CO1)c1cc2ccccc2cc1O. The largest absolute Gasteiger partial charge is 0.507 e. The average molecular weight is 326 g/mol. The summed E-state index contributed by atoms with van der Waals surface area (Å²) >= 11 is 0. The van der Waals surface area contributed by atoms with E-state index in [-0.39, 0.29) is 17.8 Å². The zero-order chi connectivity index (χ0) is 16.5. The van der Waals surface area contributed by atoms with Gasteiger partial charge in [-0.15, -0.1) is 0 Å². The molecule has 126 valence electrons. The van der Waals surface area contributed by atoms with Crippen molar-refractivity contribution < 1.29 is 14.6 Å². The van der Waals surface area contributed by atoms with Crippen molar-refractivity contribution in [1.82, 2.24) is 10.2 Å². The minimum absolute atomic E-state index is 0.00960. The van der Waals surface area contributed by atoms with Crippen molar-refractivity contribution in [2.24, 2.45) is 0 Å². The highest BCUT2D eigenvalue weighted by atomic mass is 16.5. The van der Waals surface area contributed by atoms with E-state index in [0.717, 1.165) is 30.5 Å². The normalized spacial score (nSPS) is 24.0. The van der Waals surface area contributed by atoms with Gasteiger partial charge in [-0.1, -0.05) is 24.3 Å². The molecule has 2 N–H and O–H groups in total. The molecule has 0 bridgehead atoms. The molecule has 2 aliphatic heterocycles. The Morgan fingerprint density at radius 2 is 2.08 bits per heavy atom. The Bertz CT molecular complexity index is 761. The van der Waals surface area contributed by atoms with E-state index in [0.29, 0.717) is 18.2 Å². The number of amides is 1. The molecule has 5 nitrogen and oxygen atoms in total. The predicted octanol–water partition coefficient (Wildman–Crippen LogP) is 2.14. The molecule has 4 rings (SSSR count). The van der Waals surface area contributed by atoms with E-state index in [2.05, 4.69) is 10.2 Å². The standard InChI is InChI=1S/C19H22N2O3/c22-18-9-14-5-2-1-4-13(14)8-17(18)19(23)20-10-16-11-21-7-3-6-15(21)12-24-16/h1-2,4-5,8-9,15-16,22H,3,6-7,10-12H2,(H,20,23)/t15-,16+/m0/s1. The van der Waals surface area contributed by atoms with Crippen LogP contribution >= 0.6 is 0 Å². The van der Waals surface area contributed by atoms with Gasteiger partial charge in [-0.05, 0) is 42.3 Å². The van der Waals surface area contributed by atoms with Gasteiger partial charge >= 0.3 is 0 Å². The Labute approximate surface area is 141 Å². The third-order valence-electron chi connectivity index (χ3n) is 5.06. The third kappa shape index (κ3) is 2.97. The second-order valence-electron chi connectivity index (χ2n) is 6.67. The van der Waals surface area contributed by atoms with Crippen LogP contribution in [0.4, 0.5) is 0 Å². The molecule has 0 aliphatic carbocycles. The van der Waals surface area contributed by atoms with Crippen molar-refractivity contribution in [3.63, 3.8) is 0 Å². The second kappa shape index (κ2) is 6.42. The van der Waals surface area contributed by atoms with E-state index >= 15 is 0 Å². The fourth-order valence-electron chi connectivity index (χ4n) is 3.72. The highest BCUT2D eigenvalue weighted by molar-refractivity contribution is 6.01. The summed E-state index contributed by atoms with van der Waals surface area (Å²) in [7, 11) is 0. The number of aromatic hydroxyl groups is 1. The van der Waals surface area contributed by atoms with Crippen LogP contribution in [0.15, 0.2) is 36.4 Å². The number of ether oxygens (including phenoxy) is 1. The van der Waals surface area contributed by atoms with E-state index in [9.17, 15) is 9.90 Å². The van der Waals surface area contributed by atoms with Crippen molar-refractivity contribution in [3.05, 3.63) is 42.0 Å². The molecule has 0 saturated carbocycles. The zero-order valence-electron chi connectivity index (χ0n) is 13.6. The summed E-state index contributed by atoms with van der Waals surface area (Å²) in [5.41, 5.74) is 0.309. The van der Waals surface area contributed by atoms with Crippen LogP contribution < -0.4 is 5.32 Å². The van der Waals surface area contributed by atoms with Crippen molar-refractivity contribution in [3.8, 4) is 5.75 Å². The molecule has 0 spiro atoms. The van der Waals surface area contributed by atoms with Crippen LogP contribution in [0, 0.1) is 0 Å². The first-order valence-corrected chi connectivity index (χ1v) is 8.56. The van der Waals surface area contributed by atoms with Crippen LogP contribution in [0.3, 0.4) is 0 Å². The zero-order valence-corrected chi connectivity index (χ0v) is 13.6. The fourth-order valence-corrected chi connectivity index (χ4v) is 3.72. The minimum Gasteiger partial charge on any atom is -0.507 e. The van der Waals surface area contributed by atoms with Crippen molar-refractivity contribution in [1.29, 1.82) is 0 Å². The smallest absolute Gasteiger partial charge is 0.255 e. The predicted molar refractivity (Wildman–Crippen MR) is 92.3 cm³/mol. The second-order valence-corrected chi connectivity index (χ2v) is 6.67. The topological polar surface area (TPSA) is 61.8 Å². The number of fused-ring (bicyclic) bond motifs is 2. The molecule has 0 unspecified atom stereocenters. The molecule has 2 saturated heterocycles.